The summed E-state index contributed by atoms with van der Waals surface area (Å²) in [6, 6.07) is 5.71. The van der Waals surface area contributed by atoms with Crippen molar-refractivity contribution in [3.8, 4) is 5.75 Å². The Bertz CT molecular complexity index is 428. The smallest absolute Gasteiger partial charge is 0.302 e. The van der Waals surface area contributed by atoms with Gasteiger partial charge in [-0.2, -0.15) is 8.78 Å². The molecule has 1 aromatic rings. The van der Waals surface area contributed by atoms with Crippen LogP contribution in [0.1, 0.15) is 6.42 Å². The summed E-state index contributed by atoms with van der Waals surface area (Å²) < 4.78 is 35.7. The van der Waals surface area contributed by atoms with E-state index in [1.165, 1.54) is 24.3 Å². The van der Waals surface area contributed by atoms with Crippen molar-refractivity contribution in [3.05, 3.63) is 36.2 Å². The second kappa shape index (κ2) is 5.20. The molecule has 1 aromatic carbocycles. The third kappa shape index (κ3) is 3.30. The maximum absolute atomic E-state index is 12.4. The number of anilines is 1. The van der Waals surface area contributed by atoms with E-state index in [-0.39, 0.29) is 11.4 Å². The number of hydrogen-bond acceptors (Lipinski definition) is 2. The van der Waals surface area contributed by atoms with Crippen LogP contribution in [0.5, 0.6) is 5.75 Å². The first kappa shape index (κ1) is 12.1. The summed E-state index contributed by atoms with van der Waals surface area (Å²) in [6.45, 7) is 0. The number of hydrogen-bond donors (Lipinski definition) is 2. The number of carbonyl (C=O) groups excluding carboxylic acids is 1. The lowest BCUT2D eigenvalue weighted by atomic mass is 10.3. The van der Waals surface area contributed by atoms with E-state index in [2.05, 4.69) is 5.32 Å². The van der Waals surface area contributed by atoms with Gasteiger partial charge in [0.15, 0.2) is 5.83 Å². The predicted molar refractivity (Wildman–Crippen MR) is 51.7 cm³/mol. The molecule has 0 radical (unpaired) electrons. The predicted octanol–water partition coefficient (Wildman–Crippen LogP) is 2.80. The Balaban J connectivity index is 2.66. The topological polar surface area (TPSA) is 49.3 Å². The average Bonchev–Trinajstić information content (AvgIpc) is 2.21. The van der Waals surface area contributed by atoms with E-state index in [1.54, 1.807) is 0 Å². The Kier molecular flexibility index (Phi) is 3.93. The number of phenolic OH excluding ortho intramolecular Hbond substituents is 1. The standard InChI is InChI=1S/C10H8F3NO2/c11-6(10(12)13)5-9(16)14-7-3-1-2-4-8(7)15/h1-4,15H,5H2,(H,14,16). The van der Waals surface area contributed by atoms with Crippen molar-refractivity contribution in [2.75, 3.05) is 5.32 Å². The van der Waals surface area contributed by atoms with Crippen molar-refractivity contribution in [2.45, 2.75) is 6.42 Å². The molecule has 0 atom stereocenters. The van der Waals surface area contributed by atoms with E-state index < -0.39 is 24.2 Å². The van der Waals surface area contributed by atoms with Crippen LogP contribution in [-0.4, -0.2) is 11.0 Å². The molecule has 0 saturated heterocycles. The molecule has 1 rings (SSSR count). The van der Waals surface area contributed by atoms with Gasteiger partial charge in [-0.25, -0.2) is 4.39 Å². The van der Waals surface area contributed by atoms with Gasteiger partial charge in [-0.15, -0.1) is 0 Å². The van der Waals surface area contributed by atoms with Gasteiger partial charge in [0.05, 0.1) is 12.1 Å². The summed E-state index contributed by atoms with van der Waals surface area (Å²) in [7, 11) is 0. The largest absolute Gasteiger partial charge is 0.506 e. The molecule has 3 nitrogen and oxygen atoms in total. The van der Waals surface area contributed by atoms with Crippen LogP contribution in [-0.2, 0) is 4.79 Å². The monoisotopic (exact) mass is 231 g/mol. The van der Waals surface area contributed by atoms with Crippen LogP contribution >= 0.6 is 0 Å². The fourth-order valence-electron chi connectivity index (χ4n) is 0.982. The summed E-state index contributed by atoms with van der Waals surface area (Å²) >= 11 is 0. The van der Waals surface area contributed by atoms with Gasteiger partial charge < -0.3 is 10.4 Å². The van der Waals surface area contributed by atoms with Crippen LogP contribution in [0.15, 0.2) is 36.2 Å². The zero-order valence-electron chi connectivity index (χ0n) is 8.01. The van der Waals surface area contributed by atoms with E-state index in [9.17, 15) is 23.1 Å². The van der Waals surface area contributed by atoms with Gasteiger partial charge in [0.25, 0.3) is 0 Å². The molecular formula is C10H8F3NO2. The quantitative estimate of drug-likeness (QED) is 0.786. The molecule has 0 bridgehead atoms. The molecule has 2 N–H and O–H groups in total. The number of rotatable bonds is 3. The molecule has 0 spiro atoms. The lowest BCUT2D eigenvalue weighted by molar-refractivity contribution is -0.115. The van der Waals surface area contributed by atoms with Crippen molar-refractivity contribution in [1.29, 1.82) is 0 Å². The lowest BCUT2D eigenvalue weighted by Gasteiger charge is -2.05. The maximum atomic E-state index is 12.4. The Morgan fingerprint density at radius 2 is 1.88 bits per heavy atom. The molecular weight excluding hydrogens is 223 g/mol. The van der Waals surface area contributed by atoms with E-state index in [0.717, 1.165) is 0 Å². The van der Waals surface area contributed by atoms with Gasteiger partial charge in [-0.3, -0.25) is 4.79 Å². The highest BCUT2D eigenvalue weighted by Crippen LogP contribution is 2.22. The first-order valence-electron chi connectivity index (χ1n) is 4.28. The van der Waals surface area contributed by atoms with Crippen molar-refractivity contribution in [1.82, 2.24) is 0 Å². The van der Waals surface area contributed by atoms with E-state index in [0.29, 0.717) is 0 Å². The summed E-state index contributed by atoms with van der Waals surface area (Å²) in [4.78, 5) is 11.0. The van der Waals surface area contributed by atoms with Gasteiger partial charge in [0, 0.05) is 0 Å². The number of halogens is 3. The molecule has 6 heteroatoms. The zero-order chi connectivity index (χ0) is 12.1. The summed E-state index contributed by atoms with van der Waals surface area (Å²) in [5, 5.41) is 11.3. The van der Waals surface area contributed by atoms with Crippen molar-refractivity contribution in [3.63, 3.8) is 0 Å². The highest BCUT2D eigenvalue weighted by Gasteiger charge is 2.12. The number of phenols is 1. The SMILES string of the molecule is O=C(CC(F)=C(F)F)Nc1ccccc1O. The highest BCUT2D eigenvalue weighted by molar-refractivity contribution is 5.93. The fraction of sp³-hybridized carbons (Fsp3) is 0.100. The Hall–Kier alpha value is -1.98. The normalized spacial score (nSPS) is 9.69. The number of amides is 1. The number of aromatic hydroxyl groups is 1. The van der Waals surface area contributed by atoms with Gasteiger partial charge in [-0.05, 0) is 12.1 Å². The molecule has 0 fully saturated rings. The van der Waals surface area contributed by atoms with Gasteiger partial charge in [0.1, 0.15) is 5.75 Å². The van der Waals surface area contributed by atoms with Gasteiger partial charge >= 0.3 is 6.08 Å². The maximum Gasteiger partial charge on any atom is 0.302 e. The van der Waals surface area contributed by atoms with E-state index in [1.807, 2.05) is 0 Å². The van der Waals surface area contributed by atoms with Crippen LogP contribution in [0.4, 0.5) is 18.9 Å². The van der Waals surface area contributed by atoms with Crippen molar-refractivity contribution < 1.29 is 23.1 Å². The molecule has 1 amide bonds. The number of para-hydroxylation sites is 2. The Labute approximate surface area is 89.2 Å². The number of carbonyl (C=O) groups is 1. The Morgan fingerprint density at radius 1 is 1.25 bits per heavy atom. The minimum Gasteiger partial charge on any atom is -0.506 e. The first-order valence-corrected chi connectivity index (χ1v) is 4.28. The lowest BCUT2D eigenvalue weighted by Crippen LogP contribution is -2.11. The van der Waals surface area contributed by atoms with Crippen LogP contribution in [0.2, 0.25) is 0 Å². The summed E-state index contributed by atoms with van der Waals surface area (Å²) in [5.41, 5.74) is 0.0413. The molecule has 0 heterocycles. The minimum atomic E-state index is -2.52. The highest BCUT2D eigenvalue weighted by atomic mass is 19.3. The average molecular weight is 231 g/mol. The third-order valence-electron chi connectivity index (χ3n) is 1.70. The second-order valence-electron chi connectivity index (χ2n) is 2.91. The molecule has 0 aliphatic heterocycles. The van der Waals surface area contributed by atoms with E-state index >= 15 is 0 Å². The minimum absolute atomic E-state index is 0.0413. The van der Waals surface area contributed by atoms with Crippen molar-refractivity contribution in [2.24, 2.45) is 0 Å². The van der Waals surface area contributed by atoms with Gasteiger partial charge in [-0.1, -0.05) is 12.1 Å². The Morgan fingerprint density at radius 3 is 2.44 bits per heavy atom. The molecule has 0 unspecified atom stereocenters. The van der Waals surface area contributed by atoms with Gasteiger partial charge in [0.2, 0.25) is 5.91 Å². The molecule has 16 heavy (non-hydrogen) atoms. The second-order valence-corrected chi connectivity index (χ2v) is 2.91. The molecule has 0 aliphatic carbocycles. The van der Waals surface area contributed by atoms with Crippen LogP contribution in [0.25, 0.3) is 0 Å². The molecule has 0 aromatic heterocycles. The van der Waals surface area contributed by atoms with Crippen molar-refractivity contribution >= 4 is 11.6 Å². The summed E-state index contributed by atoms with van der Waals surface area (Å²) in [5.74, 6) is -2.97. The van der Waals surface area contributed by atoms with Crippen LogP contribution in [0, 0.1) is 0 Å². The number of nitrogens with one attached hydrogen (secondary N) is 1. The third-order valence-corrected chi connectivity index (χ3v) is 1.70. The summed E-state index contributed by atoms with van der Waals surface area (Å²) in [6.07, 6.45) is -3.58. The van der Waals surface area contributed by atoms with Crippen LogP contribution in [0.3, 0.4) is 0 Å². The van der Waals surface area contributed by atoms with E-state index in [4.69, 9.17) is 0 Å². The molecule has 0 aliphatic rings. The molecule has 0 saturated carbocycles. The number of benzene rings is 1. The fourth-order valence-corrected chi connectivity index (χ4v) is 0.982. The first-order chi connectivity index (χ1) is 7.50. The zero-order valence-corrected chi connectivity index (χ0v) is 8.01. The van der Waals surface area contributed by atoms with Crippen LogP contribution < -0.4 is 5.32 Å². The molecule has 86 valence electrons.